The summed E-state index contributed by atoms with van der Waals surface area (Å²) in [6, 6.07) is 5.19. The molecule has 1 fully saturated rings. The first-order valence-corrected chi connectivity index (χ1v) is 7.32. The van der Waals surface area contributed by atoms with Gasteiger partial charge < -0.3 is 10.1 Å². The third-order valence-corrected chi connectivity index (χ3v) is 4.81. The van der Waals surface area contributed by atoms with Crippen molar-refractivity contribution in [3.05, 3.63) is 28.7 Å². The summed E-state index contributed by atoms with van der Waals surface area (Å²) in [7, 11) is 0. The molecule has 0 bridgehead atoms. The van der Waals surface area contributed by atoms with Gasteiger partial charge in [0.25, 0.3) is 0 Å². The van der Waals surface area contributed by atoms with Crippen LogP contribution in [0, 0.1) is 0 Å². The second-order valence-corrected chi connectivity index (χ2v) is 6.11. The van der Waals surface area contributed by atoms with Crippen molar-refractivity contribution in [2.75, 3.05) is 5.75 Å². The van der Waals surface area contributed by atoms with Crippen LogP contribution >= 0.6 is 11.8 Å². The predicted octanol–water partition coefficient (Wildman–Crippen LogP) is 2.32. The Kier molecular flexibility index (Phi) is 3.07. The van der Waals surface area contributed by atoms with Crippen molar-refractivity contribution < 1.29 is 5.11 Å². The highest BCUT2D eigenvalue weighted by Gasteiger charge is 2.18. The van der Waals surface area contributed by atoms with Crippen molar-refractivity contribution in [1.82, 2.24) is 9.55 Å². The van der Waals surface area contributed by atoms with E-state index in [1.54, 1.807) is 16.7 Å². The van der Waals surface area contributed by atoms with Gasteiger partial charge in [-0.2, -0.15) is 11.8 Å². The maximum Gasteiger partial charge on any atom is 0.326 e. The number of imidazole rings is 1. The number of fused-ring (bicyclic) bond motifs is 1. The van der Waals surface area contributed by atoms with E-state index in [0.29, 0.717) is 22.8 Å². The van der Waals surface area contributed by atoms with E-state index < -0.39 is 0 Å². The molecule has 0 amide bonds. The average molecular weight is 264 g/mol. The van der Waals surface area contributed by atoms with E-state index in [2.05, 4.69) is 4.98 Å². The molecule has 1 atom stereocenters. The van der Waals surface area contributed by atoms with Crippen LogP contribution in [-0.2, 0) is 6.54 Å². The molecule has 1 unspecified atom stereocenters. The molecule has 2 heterocycles. The van der Waals surface area contributed by atoms with E-state index >= 15 is 0 Å². The first kappa shape index (κ1) is 11.7. The minimum atomic E-state index is -0.127. The smallest absolute Gasteiger partial charge is 0.326 e. The molecule has 2 aromatic rings. The van der Waals surface area contributed by atoms with Gasteiger partial charge >= 0.3 is 5.69 Å². The van der Waals surface area contributed by atoms with Crippen molar-refractivity contribution in [2.45, 2.75) is 31.1 Å². The first-order chi connectivity index (χ1) is 8.75. The van der Waals surface area contributed by atoms with E-state index in [1.165, 1.54) is 18.6 Å². The zero-order chi connectivity index (χ0) is 12.5. The maximum absolute atomic E-state index is 12.0. The molecule has 4 nitrogen and oxygen atoms in total. The third kappa shape index (κ3) is 2.03. The Morgan fingerprint density at radius 2 is 2.33 bits per heavy atom. The monoisotopic (exact) mass is 264 g/mol. The molecule has 1 aliphatic heterocycles. The van der Waals surface area contributed by atoms with Gasteiger partial charge in [-0.25, -0.2) is 4.79 Å². The summed E-state index contributed by atoms with van der Waals surface area (Å²) in [6.07, 6.45) is 3.66. The number of rotatable bonds is 2. The van der Waals surface area contributed by atoms with Crippen molar-refractivity contribution in [3.8, 4) is 5.75 Å². The van der Waals surface area contributed by atoms with Crippen LogP contribution in [0.1, 0.15) is 19.3 Å². The number of nitrogens with one attached hydrogen (secondary N) is 1. The molecule has 5 heteroatoms. The number of phenols is 1. The highest BCUT2D eigenvalue weighted by atomic mass is 32.2. The van der Waals surface area contributed by atoms with Crippen LogP contribution in [0.5, 0.6) is 5.75 Å². The number of aromatic amines is 1. The van der Waals surface area contributed by atoms with Crippen LogP contribution < -0.4 is 5.69 Å². The number of thioether (sulfide) groups is 1. The summed E-state index contributed by atoms with van der Waals surface area (Å²) in [5, 5.41) is 10.4. The number of hydrogen-bond donors (Lipinski definition) is 2. The number of benzene rings is 1. The van der Waals surface area contributed by atoms with Gasteiger partial charge in [-0.3, -0.25) is 4.57 Å². The van der Waals surface area contributed by atoms with Crippen LogP contribution in [0.25, 0.3) is 11.0 Å². The van der Waals surface area contributed by atoms with E-state index in [-0.39, 0.29) is 11.4 Å². The lowest BCUT2D eigenvalue weighted by Gasteiger charge is -2.21. The van der Waals surface area contributed by atoms with Gasteiger partial charge in [0, 0.05) is 11.8 Å². The van der Waals surface area contributed by atoms with Gasteiger partial charge in [0.15, 0.2) is 0 Å². The zero-order valence-electron chi connectivity index (χ0n) is 10.1. The van der Waals surface area contributed by atoms with Crippen molar-refractivity contribution in [2.24, 2.45) is 0 Å². The minimum Gasteiger partial charge on any atom is -0.506 e. The molecular formula is C13H16N2O2S. The van der Waals surface area contributed by atoms with E-state index in [1.807, 2.05) is 17.8 Å². The highest BCUT2D eigenvalue weighted by Crippen LogP contribution is 2.28. The van der Waals surface area contributed by atoms with Crippen molar-refractivity contribution >= 4 is 22.8 Å². The lowest BCUT2D eigenvalue weighted by Crippen LogP contribution is -2.24. The normalized spacial score (nSPS) is 20.3. The number of aromatic hydroxyl groups is 1. The Labute approximate surface area is 109 Å². The molecule has 1 aromatic heterocycles. The van der Waals surface area contributed by atoms with Gasteiger partial charge in [-0.15, -0.1) is 0 Å². The Morgan fingerprint density at radius 3 is 3.11 bits per heavy atom. The number of hydrogen-bond acceptors (Lipinski definition) is 3. The number of phenolic OH excluding ortho intramolecular Hbond substituents is 1. The van der Waals surface area contributed by atoms with E-state index in [4.69, 9.17) is 0 Å². The molecule has 18 heavy (non-hydrogen) atoms. The summed E-state index contributed by atoms with van der Waals surface area (Å²) >= 11 is 1.93. The average Bonchev–Trinajstić information content (AvgIpc) is 2.69. The predicted molar refractivity (Wildman–Crippen MR) is 74.3 cm³/mol. The molecule has 1 aromatic carbocycles. The number of para-hydroxylation sites is 1. The minimum absolute atomic E-state index is 0.127. The van der Waals surface area contributed by atoms with Crippen LogP contribution in [0.2, 0.25) is 0 Å². The maximum atomic E-state index is 12.0. The standard InChI is InChI=1S/C13H16N2O2S/c16-11-6-3-5-10-12(11)15(13(17)14-10)8-9-4-1-2-7-18-9/h3,5-6,9,16H,1-2,4,7-8H2,(H,14,17). The lowest BCUT2D eigenvalue weighted by atomic mass is 10.2. The van der Waals surface area contributed by atoms with Gasteiger partial charge in [-0.1, -0.05) is 12.5 Å². The molecular weight excluding hydrogens is 248 g/mol. The molecule has 2 N–H and O–H groups in total. The van der Waals surface area contributed by atoms with Gasteiger partial charge in [0.05, 0.1) is 5.52 Å². The SMILES string of the molecule is O=c1[nH]c2cccc(O)c2n1CC1CCCCS1. The van der Waals surface area contributed by atoms with Gasteiger partial charge in [0.2, 0.25) is 0 Å². The van der Waals surface area contributed by atoms with Crippen LogP contribution in [-0.4, -0.2) is 25.7 Å². The molecule has 1 saturated heterocycles. The fraction of sp³-hybridized carbons (Fsp3) is 0.462. The summed E-state index contributed by atoms with van der Waals surface area (Å²) in [5.41, 5.74) is 1.21. The van der Waals surface area contributed by atoms with Crippen LogP contribution in [0.15, 0.2) is 23.0 Å². The first-order valence-electron chi connectivity index (χ1n) is 6.28. The molecule has 0 saturated carbocycles. The summed E-state index contributed by atoms with van der Waals surface area (Å²) < 4.78 is 1.67. The molecule has 0 aliphatic carbocycles. The van der Waals surface area contributed by atoms with Crippen LogP contribution in [0.4, 0.5) is 0 Å². The zero-order valence-corrected chi connectivity index (χ0v) is 10.9. The Balaban J connectivity index is 2.00. The fourth-order valence-electron chi connectivity index (χ4n) is 2.53. The van der Waals surface area contributed by atoms with E-state index in [0.717, 1.165) is 6.42 Å². The Hall–Kier alpha value is -1.36. The van der Waals surface area contributed by atoms with Gasteiger partial charge in [0.1, 0.15) is 11.3 Å². The lowest BCUT2D eigenvalue weighted by molar-refractivity contribution is 0.475. The second kappa shape index (κ2) is 4.72. The summed E-state index contributed by atoms with van der Waals surface area (Å²) in [6.45, 7) is 0.682. The fourth-order valence-corrected chi connectivity index (χ4v) is 3.82. The molecule has 96 valence electrons. The molecule has 0 radical (unpaired) electrons. The Morgan fingerprint density at radius 1 is 1.44 bits per heavy atom. The molecule has 0 spiro atoms. The van der Waals surface area contributed by atoms with Crippen molar-refractivity contribution in [3.63, 3.8) is 0 Å². The van der Waals surface area contributed by atoms with Crippen molar-refractivity contribution in [1.29, 1.82) is 0 Å². The van der Waals surface area contributed by atoms with Crippen LogP contribution in [0.3, 0.4) is 0 Å². The molecule has 1 aliphatic rings. The van der Waals surface area contributed by atoms with E-state index in [9.17, 15) is 9.90 Å². The Bertz CT molecular complexity index is 611. The number of nitrogens with zero attached hydrogens (tertiary/aromatic N) is 1. The number of aromatic nitrogens is 2. The molecule has 3 rings (SSSR count). The topological polar surface area (TPSA) is 58.0 Å². The second-order valence-electron chi connectivity index (χ2n) is 4.70. The summed E-state index contributed by atoms with van der Waals surface area (Å²) in [5.74, 6) is 1.35. The quantitative estimate of drug-likeness (QED) is 0.875. The largest absolute Gasteiger partial charge is 0.506 e. The third-order valence-electron chi connectivity index (χ3n) is 3.43. The summed E-state index contributed by atoms with van der Waals surface area (Å²) in [4.78, 5) is 14.7. The number of H-pyrrole nitrogens is 1. The highest BCUT2D eigenvalue weighted by molar-refractivity contribution is 7.99. The van der Waals surface area contributed by atoms with Gasteiger partial charge in [-0.05, 0) is 30.7 Å².